The molecule has 19 heavy (non-hydrogen) atoms. The standard InChI is InChI=1S/C14H12ClNO2S/c15-10-4-2-1-3-9(10)7-11-16-12(8-5-6-8)13(19-11)14(17)18/h1-4,8H,5-7H2,(H,17,18). The highest BCUT2D eigenvalue weighted by atomic mass is 35.5. The molecule has 1 saturated carbocycles. The zero-order chi connectivity index (χ0) is 13.4. The van der Waals surface area contributed by atoms with Crippen molar-refractivity contribution >= 4 is 28.9 Å². The fourth-order valence-electron chi connectivity index (χ4n) is 2.04. The summed E-state index contributed by atoms with van der Waals surface area (Å²) in [6.07, 6.45) is 2.70. The maximum Gasteiger partial charge on any atom is 0.347 e. The molecular weight excluding hydrogens is 282 g/mol. The smallest absolute Gasteiger partial charge is 0.347 e. The lowest BCUT2D eigenvalue weighted by molar-refractivity contribution is 0.0700. The SMILES string of the molecule is O=C(O)c1sc(Cc2ccccc2Cl)nc1C1CC1. The molecule has 2 aromatic rings. The summed E-state index contributed by atoms with van der Waals surface area (Å²) in [5.41, 5.74) is 1.75. The maximum atomic E-state index is 11.2. The molecular formula is C14H12ClNO2S. The largest absolute Gasteiger partial charge is 0.477 e. The summed E-state index contributed by atoms with van der Waals surface area (Å²) in [6, 6.07) is 7.59. The molecule has 0 radical (unpaired) electrons. The molecule has 0 atom stereocenters. The Labute approximate surface area is 119 Å². The Bertz CT molecular complexity index is 634. The fraction of sp³-hybridized carbons (Fsp3) is 0.286. The Morgan fingerprint density at radius 2 is 2.16 bits per heavy atom. The number of aromatic nitrogens is 1. The first kappa shape index (κ1) is 12.6. The highest BCUT2D eigenvalue weighted by Crippen LogP contribution is 2.43. The van der Waals surface area contributed by atoms with Crippen LogP contribution in [0.3, 0.4) is 0 Å². The van der Waals surface area contributed by atoms with Crippen molar-refractivity contribution in [3.63, 3.8) is 0 Å². The Morgan fingerprint density at radius 3 is 2.79 bits per heavy atom. The van der Waals surface area contributed by atoms with Crippen LogP contribution in [0.25, 0.3) is 0 Å². The first-order chi connectivity index (χ1) is 9.15. The number of hydrogen-bond donors (Lipinski definition) is 1. The predicted molar refractivity (Wildman–Crippen MR) is 75.3 cm³/mol. The van der Waals surface area contributed by atoms with Crippen molar-refractivity contribution in [2.45, 2.75) is 25.2 Å². The van der Waals surface area contributed by atoms with E-state index in [2.05, 4.69) is 4.98 Å². The van der Waals surface area contributed by atoms with Gasteiger partial charge in [-0.05, 0) is 24.5 Å². The van der Waals surface area contributed by atoms with Crippen molar-refractivity contribution in [3.8, 4) is 0 Å². The highest BCUT2D eigenvalue weighted by Gasteiger charge is 2.32. The monoisotopic (exact) mass is 293 g/mol. The van der Waals surface area contributed by atoms with E-state index in [1.165, 1.54) is 11.3 Å². The summed E-state index contributed by atoms with van der Waals surface area (Å²) < 4.78 is 0. The number of thiazole rings is 1. The second-order valence-electron chi connectivity index (χ2n) is 4.67. The average Bonchev–Trinajstić information content (AvgIpc) is 3.13. The molecule has 0 unspecified atom stereocenters. The third-order valence-electron chi connectivity index (χ3n) is 3.16. The molecule has 1 N–H and O–H groups in total. The van der Waals surface area contributed by atoms with Crippen molar-refractivity contribution in [3.05, 3.63) is 50.4 Å². The molecule has 3 nitrogen and oxygen atoms in total. The van der Waals surface area contributed by atoms with Crippen LogP contribution in [0.4, 0.5) is 0 Å². The summed E-state index contributed by atoms with van der Waals surface area (Å²) in [5.74, 6) is -0.521. The number of carboxylic acids is 1. The summed E-state index contributed by atoms with van der Waals surface area (Å²) in [6.45, 7) is 0. The molecule has 98 valence electrons. The minimum absolute atomic E-state index is 0.349. The van der Waals surface area contributed by atoms with Crippen molar-refractivity contribution in [2.75, 3.05) is 0 Å². The van der Waals surface area contributed by atoms with Crippen LogP contribution in [-0.4, -0.2) is 16.1 Å². The number of halogens is 1. The third-order valence-corrected chi connectivity index (χ3v) is 4.58. The lowest BCUT2D eigenvalue weighted by atomic mass is 10.1. The first-order valence-electron chi connectivity index (χ1n) is 6.11. The topological polar surface area (TPSA) is 50.2 Å². The summed E-state index contributed by atoms with van der Waals surface area (Å²) in [5, 5.41) is 10.7. The second kappa shape index (κ2) is 4.94. The molecule has 1 fully saturated rings. The van der Waals surface area contributed by atoms with Crippen LogP contribution >= 0.6 is 22.9 Å². The van der Waals surface area contributed by atoms with Gasteiger partial charge >= 0.3 is 5.97 Å². The lowest BCUT2D eigenvalue weighted by Crippen LogP contribution is -1.97. The number of rotatable bonds is 4. The van der Waals surface area contributed by atoms with Gasteiger partial charge in [0.15, 0.2) is 0 Å². The zero-order valence-electron chi connectivity index (χ0n) is 10.1. The molecule has 1 heterocycles. The van der Waals surface area contributed by atoms with Crippen LogP contribution in [0.5, 0.6) is 0 Å². The van der Waals surface area contributed by atoms with E-state index in [0.29, 0.717) is 22.2 Å². The molecule has 0 spiro atoms. The minimum Gasteiger partial charge on any atom is -0.477 e. The van der Waals surface area contributed by atoms with Gasteiger partial charge < -0.3 is 5.11 Å². The molecule has 0 amide bonds. The van der Waals surface area contributed by atoms with Gasteiger partial charge in [0.2, 0.25) is 0 Å². The summed E-state index contributed by atoms with van der Waals surface area (Å²) in [4.78, 5) is 16.1. The normalized spacial score (nSPS) is 14.6. The molecule has 0 saturated heterocycles. The number of benzene rings is 1. The van der Waals surface area contributed by atoms with E-state index < -0.39 is 5.97 Å². The molecule has 1 aromatic heterocycles. The van der Waals surface area contributed by atoms with Gasteiger partial charge in [-0.3, -0.25) is 0 Å². The second-order valence-corrected chi connectivity index (χ2v) is 6.16. The molecule has 1 aliphatic carbocycles. The van der Waals surface area contributed by atoms with E-state index in [4.69, 9.17) is 11.6 Å². The molecule has 0 aliphatic heterocycles. The maximum absolute atomic E-state index is 11.2. The van der Waals surface area contributed by atoms with Crippen molar-refractivity contribution in [1.82, 2.24) is 4.98 Å². The van der Waals surface area contributed by atoms with Crippen LogP contribution < -0.4 is 0 Å². The van der Waals surface area contributed by atoms with E-state index in [1.54, 1.807) is 0 Å². The van der Waals surface area contributed by atoms with Crippen LogP contribution in [-0.2, 0) is 6.42 Å². The predicted octanol–water partition coefficient (Wildman–Crippen LogP) is 3.96. The molecule has 1 aromatic carbocycles. The van der Waals surface area contributed by atoms with Gasteiger partial charge in [0.05, 0.1) is 10.7 Å². The Morgan fingerprint density at radius 1 is 1.42 bits per heavy atom. The van der Waals surface area contributed by atoms with Gasteiger partial charge in [-0.25, -0.2) is 9.78 Å². The Kier molecular flexibility index (Phi) is 3.29. The molecule has 1 aliphatic rings. The van der Waals surface area contributed by atoms with E-state index in [-0.39, 0.29) is 0 Å². The van der Waals surface area contributed by atoms with Crippen molar-refractivity contribution in [2.24, 2.45) is 0 Å². The van der Waals surface area contributed by atoms with Gasteiger partial charge in [0, 0.05) is 17.4 Å². The van der Waals surface area contributed by atoms with Gasteiger partial charge in [0.25, 0.3) is 0 Å². The summed E-state index contributed by atoms with van der Waals surface area (Å²) >= 11 is 7.39. The van der Waals surface area contributed by atoms with Gasteiger partial charge in [0.1, 0.15) is 4.88 Å². The zero-order valence-corrected chi connectivity index (χ0v) is 11.7. The van der Waals surface area contributed by atoms with E-state index >= 15 is 0 Å². The van der Waals surface area contributed by atoms with Gasteiger partial charge in [-0.2, -0.15) is 0 Å². The van der Waals surface area contributed by atoms with Crippen LogP contribution in [0.2, 0.25) is 5.02 Å². The number of carbonyl (C=O) groups is 1. The summed E-state index contributed by atoms with van der Waals surface area (Å²) in [7, 11) is 0. The molecule has 5 heteroatoms. The number of carboxylic acid groups (broad SMARTS) is 1. The third kappa shape index (κ3) is 2.65. The van der Waals surface area contributed by atoms with Gasteiger partial charge in [-0.15, -0.1) is 11.3 Å². The van der Waals surface area contributed by atoms with Crippen molar-refractivity contribution < 1.29 is 9.90 Å². The van der Waals surface area contributed by atoms with E-state index in [9.17, 15) is 9.90 Å². The van der Waals surface area contributed by atoms with E-state index in [0.717, 1.165) is 29.1 Å². The number of hydrogen-bond acceptors (Lipinski definition) is 3. The Balaban J connectivity index is 1.91. The van der Waals surface area contributed by atoms with Crippen LogP contribution in [0, 0.1) is 0 Å². The molecule has 3 rings (SSSR count). The quantitative estimate of drug-likeness (QED) is 0.928. The fourth-order valence-corrected chi connectivity index (χ4v) is 3.26. The first-order valence-corrected chi connectivity index (χ1v) is 7.31. The van der Waals surface area contributed by atoms with Crippen LogP contribution in [0.15, 0.2) is 24.3 Å². The van der Waals surface area contributed by atoms with E-state index in [1.807, 2.05) is 24.3 Å². The highest BCUT2D eigenvalue weighted by molar-refractivity contribution is 7.13. The number of nitrogens with zero attached hydrogens (tertiary/aromatic N) is 1. The Hall–Kier alpha value is -1.39. The van der Waals surface area contributed by atoms with Gasteiger partial charge in [-0.1, -0.05) is 29.8 Å². The number of aromatic carboxylic acids is 1. The molecule has 0 bridgehead atoms. The minimum atomic E-state index is -0.871. The van der Waals surface area contributed by atoms with Crippen molar-refractivity contribution in [1.29, 1.82) is 0 Å². The lowest BCUT2D eigenvalue weighted by Gasteiger charge is -2.00. The average molecular weight is 294 g/mol. The van der Waals surface area contributed by atoms with Crippen LogP contribution in [0.1, 0.15) is 44.7 Å².